The molecule has 2 aliphatic carbocycles. The lowest BCUT2D eigenvalue weighted by atomic mass is 9.82. The Morgan fingerprint density at radius 3 is 2.79 bits per heavy atom. The Morgan fingerprint density at radius 1 is 1.21 bits per heavy atom. The van der Waals surface area contributed by atoms with Crippen molar-refractivity contribution in [1.82, 2.24) is 5.32 Å². The van der Waals surface area contributed by atoms with E-state index in [9.17, 15) is 0 Å². The maximum atomic E-state index is 3.52. The van der Waals surface area contributed by atoms with Crippen molar-refractivity contribution in [3.05, 3.63) is 12.2 Å². The van der Waals surface area contributed by atoms with E-state index in [0.29, 0.717) is 0 Å². The fourth-order valence-electron chi connectivity index (χ4n) is 2.44. The van der Waals surface area contributed by atoms with Crippen molar-refractivity contribution in [3.63, 3.8) is 0 Å². The van der Waals surface area contributed by atoms with Gasteiger partial charge in [0.15, 0.2) is 0 Å². The minimum absolute atomic E-state index is 0.852. The van der Waals surface area contributed by atoms with Gasteiger partial charge in [-0.25, -0.2) is 0 Å². The Hall–Kier alpha value is -0.300. The maximum absolute atomic E-state index is 3.52. The van der Waals surface area contributed by atoms with Crippen LogP contribution < -0.4 is 5.32 Å². The van der Waals surface area contributed by atoms with E-state index in [1.165, 1.54) is 38.5 Å². The molecule has 0 saturated heterocycles. The first kappa shape index (κ1) is 10.2. The fourth-order valence-corrected chi connectivity index (χ4v) is 2.44. The number of hydrogen-bond acceptors (Lipinski definition) is 1. The molecule has 0 heterocycles. The van der Waals surface area contributed by atoms with Crippen LogP contribution >= 0.6 is 0 Å². The van der Waals surface area contributed by atoms with E-state index in [0.717, 1.165) is 24.4 Å². The maximum Gasteiger partial charge on any atom is 0.0137 e. The molecule has 0 amide bonds. The average molecular weight is 193 g/mol. The Labute approximate surface area is 88.0 Å². The minimum Gasteiger partial charge on any atom is -0.311 e. The first-order valence-electron chi connectivity index (χ1n) is 6.24. The van der Waals surface area contributed by atoms with Crippen LogP contribution in [0.25, 0.3) is 0 Å². The fraction of sp³-hybridized carbons (Fsp3) is 0.846. The van der Waals surface area contributed by atoms with Crippen LogP contribution in [0.15, 0.2) is 12.2 Å². The van der Waals surface area contributed by atoms with E-state index in [1.807, 2.05) is 0 Å². The molecule has 2 saturated carbocycles. The van der Waals surface area contributed by atoms with Crippen molar-refractivity contribution < 1.29 is 0 Å². The molecule has 80 valence electrons. The van der Waals surface area contributed by atoms with E-state index < -0.39 is 0 Å². The third-order valence-electron chi connectivity index (χ3n) is 3.49. The van der Waals surface area contributed by atoms with Gasteiger partial charge in [-0.15, -0.1) is 0 Å². The monoisotopic (exact) mass is 193 g/mol. The molecular weight excluding hydrogens is 170 g/mol. The summed E-state index contributed by atoms with van der Waals surface area (Å²) in [5, 5.41) is 3.52. The molecule has 0 aromatic heterocycles. The summed E-state index contributed by atoms with van der Waals surface area (Å²) < 4.78 is 0. The first-order valence-corrected chi connectivity index (χ1v) is 6.24. The topological polar surface area (TPSA) is 12.0 Å². The Morgan fingerprint density at radius 2 is 2.07 bits per heavy atom. The summed E-state index contributed by atoms with van der Waals surface area (Å²) in [6, 6.07) is 0.852. The highest BCUT2D eigenvalue weighted by atomic mass is 14.9. The van der Waals surface area contributed by atoms with Gasteiger partial charge in [0, 0.05) is 12.6 Å². The van der Waals surface area contributed by atoms with Crippen LogP contribution in [0.2, 0.25) is 0 Å². The molecule has 1 nitrogen and oxygen atoms in total. The van der Waals surface area contributed by atoms with Crippen molar-refractivity contribution in [3.8, 4) is 0 Å². The van der Waals surface area contributed by atoms with Crippen LogP contribution in [-0.4, -0.2) is 12.6 Å². The van der Waals surface area contributed by atoms with Crippen LogP contribution in [-0.2, 0) is 0 Å². The Bertz CT molecular complexity index is 193. The van der Waals surface area contributed by atoms with Crippen LogP contribution in [0.3, 0.4) is 0 Å². The van der Waals surface area contributed by atoms with E-state index in [4.69, 9.17) is 0 Å². The molecule has 0 radical (unpaired) electrons. The number of hydrogen-bond donors (Lipinski definition) is 1. The summed E-state index contributed by atoms with van der Waals surface area (Å²) >= 11 is 0. The summed E-state index contributed by atoms with van der Waals surface area (Å²) in [6.45, 7) is 3.48. The third-order valence-corrected chi connectivity index (χ3v) is 3.49. The van der Waals surface area contributed by atoms with Gasteiger partial charge in [-0.1, -0.05) is 31.9 Å². The standard InChI is InChI=1S/C13H23N/c1-11-4-2-5-12(10-11)6-3-9-14-13-7-8-13/h3,6,11-14H,2,4-5,7-10H2,1H3/b6-3+. The summed E-state index contributed by atoms with van der Waals surface area (Å²) in [7, 11) is 0. The van der Waals surface area contributed by atoms with Crippen molar-refractivity contribution in [2.24, 2.45) is 11.8 Å². The number of nitrogens with one attached hydrogen (secondary N) is 1. The van der Waals surface area contributed by atoms with Crippen LogP contribution in [0.1, 0.15) is 45.4 Å². The number of rotatable bonds is 4. The molecule has 1 heteroatoms. The zero-order chi connectivity index (χ0) is 9.80. The smallest absolute Gasteiger partial charge is 0.0137 e. The van der Waals surface area contributed by atoms with E-state index in [1.54, 1.807) is 0 Å². The molecule has 0 aromatic rings. The molecule has 0 spiro atoms. The largest absolute Gasteiger partial charge is 0.311 e. The van der Waals surface area contributed by atoms with Crippen LogP contribution in [0.5, 0.6) is 0 Å². The number of allylic oxidation sites excluding steroid dienone is 1. The van der Waals surface area contributed by atoms with Gasteiger partial charge in [-0.05, 0) is 37.5 Å². The third kappa shape index (κ3) is 3.45. The zero-order valence-electron chi connectivity index (χ0n) is 9.34. The lowest BCUT2D eigenvalue weighted by Crippen LogP contribution is -2.16. The van der Waals surface area contributed by atoms with Crippen molar-refractivity contribution in [2.75, 3.05) is 6.54 Å². The van der Waals surface area contributed by atoms with Crippen molar-refractivity contribution >= 4 is 0 Å². The van der Waals surface area contributed by atoms with Gasteiger partial charge in [0.1, 0.15) is 0 Å². The molecule has 2 aliphatic rings. The van der Waals surface area contributed by atoms with Gasteiger partial charge < -0.3 is 5.32 Å². The summed E-state index contributed by atoms with van der Waals surface area (Å²) in [5.41, 5.74) is 0. The lowest BCUT2D eigenvalue weighted by molar-refractivity contribution is 0.325. The molecule has 0 bridgehead atoms. The van der Waals surface area contributed by atoms with E-state index in [2.05, 4.69) is 24.4 Å². The summed E-state index contributed by atoms with van der Waals surface area (Å²) in [6.07, 6.45) is 13.3. The molecule has 2 atom stereocenters. The summed E-state index contributed by atoms with van der Waals surface area (Å²) in [5.74, 6) is 1.83. The quantitative estimate of drug-likeness (QED) is 0.676. The molecular formula is C13H23N. The van der Waals surface area contributed by atoms with Crippen molar-refractivity contribution in [1.29, 1.82) is 0 Å². The second-order valence-corrected chi connectivity index (χ2v) is 5.14. The SMILES string of the molecule is CC1CCCC(/C=C/CNC2CC2)C1. The molecule has 1 N–H and O–H groups in total. The van der Waals surface area contributed by atoms with Gasteiger partial charge in [-0.3, -0.25) is 0 Å². The predicted molar refractivity (Wildman–Crippen MR) is 61.3 cm³/mol. The predicted octanol–water partition coefficient (Wildman–Crippen LogP) is 3.12. The van der Waals surface area contributed by atoms with Gasteiger partial charge in [0.2, 0.25) is 0 Å². The highest BCUT2D eigenvalue weighted by Crippen LogP contribution is 2.29. The average Bonchev–Trinajstić information content (AvgIpc) is 2.96. The zero-order valence-corrected chi connectivity index (χ0v) is 9.34. The molecule has 0 aliphatic heterocycles. The Balaban J connectivity index is 1.61. The van der Waals surface area contributed by atoms with Crippen LogP contribution in [0.4, 0.5) is 0 Å². The summed E-state index contributed by atoms with van der Waals surface area (Å²) in [4.78, 5) is 0. The normalized spacial score (nSPS) is 33.8. The molecule has 2 fully saturated rings. The van der Waals surface area contributed by atoms with E-state index >= 15 is 0 Å². The second-order valence-electron chi connectivity index (χ2n) is 5.14. The van der Waals surface area contributed by atoms with Crippen molar-refractivity contribution in [2.45, 2.75) is 51.5 Å². The molecule has 2 unspecified atom stereocenters. The molecule has 0 aromatic carbocycles. The van der Waals surface area contributed by atoms with Gasteiger partial charge in [0.05, 0.1) is 0 Å². The highest BCUT2D eigenvalue weighted by molar-refractivity contribution is 4.94. The highest BCUT2D eigenvalue weighted by Gasteiger charge is 2.19. The molecule has 14 heavy (non-hydrogen) atoms. The molecule has 2 rings (SSSR count). The van der Waals surface area contributed by atoms with Gasteiger partial charge in [-0.2, -0.15) is 0 Å². The lowest BCUT2D eigenvalue weighted by Gasteiger charge is -2.24. The van der Waals surface area contributed by atoms with Crippen LogP contribution in [0, 0.1) is 11.8 Å². The first-order chi connectivity index (χ1) is 6.84. The van der Waals surface area contributed by atoms with Gasteiger partial charge in [0.25, 0.3) is 0 Å². The minimum atomic E-state index is 0.852. The second kappa shape index (κ2) is 4.97. The Kier molecular flexibility index (Phi) is 3.63. The van der Waals surface area contributed by atoms with E-state index in [-0.39, 0.29) is 0 Å². The van der Waals surface area contributed by atoms with Gasteiger partial charge >= 0.3 is 0 Å².